The normalized spacial score (nSPS) is 11.0. The topological polar surface area (TPSA) is 63.2 Å². The first kappa shape index (κ1) is 25.7. The van der Waals surface area contributed by atoms with Gasteiger partial charge in [-0.2, -0.15) is 0 Å². The molecule has 0 saturated carbocycles. The van der Waals surface area contributed by atoms with Crippen LogP contribution < -0.4 is 18.9 Å². The molecule has 0 atom stereocenters. The van der Waals surface area contributed by atoms with Crippen molar-refractivity contribution in [1.82, 2.24) is 0 Å². The van der Waals surface area contributed by atoms with E-state index in [1.54, 1.807) is 6.08 Å². The van der Waals surface area contributed by atoms with Crippen molar-refractivity contribution in [2.75, 3.05) is 26.4 Å². The minimum absolute atomic E-state index is 0.193. The number of carbonyl (C=O) groups is 1. The summed E-state index contributed by atoms with van der Waals surface area (Å²) < 4.78 is 29.3. The van der Waals surface area contributed by atoms with Crippen molar-refractivity contribution >= 4 is 12.0 Å². The Morgan fingerprint density at radius 3 is 1.83 bits per heavy atom. The molecule has 0 N–H and O–H groups in total. The van der Waals surface area contributed by atoms with Crippen molar-refractivity contribution in [2.45, 2.75) is 73.3 Å². The first-order valence-corrected chi connectivity index (χ1v) is 11.1. The molecule has 1 aromatic carbocycles. The highest BCUT2D eigenvalue weighted by Crippen LogP contribution is 2.46. The molecule has 0 aliphatic rings. The van der Waals surface area contributed by atoms with Gasteiger partial charge in [0.2, 0.25) is 5.75 Å². The molecule has 0 heterocycles. The molecule has 6 heteroatoms. The van der Waals surface area contributed by atoms with E-state index >= 15 is 0 Å². The average Bonchev–Trinajstić information content (AvgIpc) is 2.71. The number of ether oxygens (including phenoxy) is 5. The van der Waals surface area contributed by atoms with E-state index in [1.165, 1.54) is 6.08 Å². The van der Waals surface area contributed by atoms with E-state index < -0.39 is 5.97 Å². The van der Waals surface area contributed by atoms with Crippen LogP contribution in [0.1, 0.15) is 72.8 Å². The van der Waals surface area contributed by atoms with E-state index in [4.69, 9.17) is 23.7 Å². The molecule has 0 bridgehead atoms. The van der Waals surface area contributed by atoms with Gasteiger partial charge in [-0.05, 0) is 45.6 Å². The Bertz CT molecular complexity index is 666. The summed E-state index contributed by atoms with van der Waals surface area (Å²) in [5.74, 6) is 1.82. The summed E-state index contributed by atoms with van der Waals surface area (Å²) in [7, 11) is 0. The molecule has 0 radical (unpaired) electrons. The van der Waals surface area contributed by atoms with Crippen LogP contribution >= 0.6 is 0 Å². The summed E-state index contributed by atoms with van der Waals surface area (Å²) >= 11 is 0. The number of hydrogen-bond donors (Lipinski definition) is 0. The highest BCUT2D eigenvalue weighted by atomic mass is 16.5. The van der Waals surface area contributed by atoms with Gasteiger partial charge in [-0.3, -0.25) is 0 Å². The van der Waals surface area contributed by atoms with Crippen LogP contribution in [0.2, 0.25) is 0 Å². The summed E-state index contributed by atoms with van der Waals surface area (Å²) in [6.07, 6.45) is 6.26. The van der Waals surface area contributed by atoms with Gasteiger partial charge in [0.1, 0.15) is 5.75 Å². The maximum absolute atomic E-state index is 12.1. The Labute approximate surface area is 181 Å². The van der Waals surface area contributed by atoms with E-state index in [2.05, 4.69) is 0 Å². The molecular weight excluding hydrogens is 384 g/mol. The van der Waals surface area contributed by atoms with E-state index in [1.807, 2.05) is 47.6 Å². The first-order chi connectivity index (χ1) is 14.5. The molecule has 0 aliphatic heterocycles. The summed E-state index contributed by atoms with van der Waals surface area (Å²) in [6.45, 7) is 13.9. The Balaban J connectivity index is 3.54. The summed E-state index contributed by atoms with van der Waals surface area (Å²) in [5.41, 5.74) is 0.646. The number of rotatable bonds is 15. The zero-order valence-corrected chi connectivity index (χ0v) is 19.4. The van der Waals surface area contributed by atoms with Crippen LogP contribution in [0.15, 0.2) is 12.1 Å². The maximum Gasteiger partial charge on any atom is 0.331 e. The number of carbonyl (C=O) groups excluding carboxylic acids is 1. The third kappa shape index (κ3) is 8.56. The van der Waals surface area contributed by atoms with Crippen LogP contribution in [0, 0.1) is 0 Å². The molecule has 0 unspecified atom stereocenters. The van der Waals surface area contributed by atoms with Crippen molar-refractivity contribution in [1.29, 1.82) is 0 Å². The van der Waals surface area contributed by atoms with Gasteiger partial charge in [0.05, 0.1) is 38.1 Å². The van der Waals surface area contributed by atoms with E-state index in [-0.39, 0.29) is 6.10 Å². The summed E-state index contributed by atoms with van der Waals surface area (Å²) in [4.78, 5) is 12.1. The van der Waals surface area contributed by atoms with Crippen molar-refractivity contribution in [3.05, 3.63) is 17.7 Å². The number of benzene rings is 1. The van der Waals surface area contributed by atoms with Gasteiger partial charge < -0.3 is 23.7 Å². The standard InChI is InChI=1S/C24H38O6/c1-7-13-26-20-17-21(27-14-8-2)24(29-16-10-4)23(28-15-9-3)19(20)11-12-22(25)30-18(5)6/h11-12,17-18H,7-10,13-16H2,1-6H3. The number of esters is 1. The Kier molecular flexibility index (Phi) is 12.5. The van der Waals surface area contributed by atoms with Crippen LogP contribution in [-0.4, -0.2) is 38.5 Å². The lowest BCUT2D eigenvalue weighted by molar-refractivity contribution is -0.141. The summed E-state index contributed by atoms with van der Waals surface area (Å²) in [5, 5.41) is 0. The molecule has 0 amide bonds. The largest absolute Gasteiger partial charge is 0.493 e. The molecule has 0 saturated heterocycles. The molecule has 0 spiro atoms. The van der Waals surface area contributed by atoms with Gasteiger partial charge in [-0.15, -0.1) is 0 Å². The van der Waals surface area contributed by atoms with Crippen molar-refractivity contribution in [3.8, 4) is 23.0 Å². The lowest BCUT2D eigenvalue weighted by atomic mass is 10.1. The first-order valence-electron chi connectivity index (χ1n) is 11.1. The van der Waals surface area contributed by atoms with Crippen LogP contribution in [0.4, 0.5) is 0 Å². The van der Waals surface area contributed by atoms with E-state index in [0.29, 0.717) is 55.0 Å². The van der Waals surface area contributed by atoms with Gasteiger partial charge in [-0.1, -0.05) is 27.7 Å². The molecule has 0 fully saturated rings. The third-order valence-electron chi connectivity index (χ3n) is 3.76. The summed E-state index contributed by atoms with van der Waals surface area (Å²) in [6, 6.07) is 1.82. The zero-order valence-electron chi connectivity index (χ0n) is 19.4. The molecule has 170 valence electrons. The molecule has 1 rings (SSSR count). The molecule has 30 heavy (non-hydrogen) atoms. The second-order valence-electron chi connectivity index (χ2n) is 7.16. The second kappa shape index (κ2) is 14.6. The Morgan fingerprint density at radius 2 is 1.30 bits per heavy atom. The van der Waals surface area contributed by atoms with Gasteiger partial charge in [0.25, 0.3) is 0 Å². The zero-order chi connectivity index (χ0) is 22.4. The lowest BCUT2D eigenvalue weighted by Gasteiger charge is -2.21. The van der Waals surface area contributed by atoms with Crippen LogP contribution in [0.3, 0.4) is 0 Å². The molecule has 6 nitrogen and oxygen atoms in total. The fraction of sp³-hybridized carbons (Fsp3) is 0.625. The molecule has 1 aromatic rings. The smallest absolute Gasteiger partial charge is 0.331 e. The van der Waals surface area contributed by atoms with Crippen LogP contribution in [0.5, 0.6) is 23.0 Å². The van der Waals surface area contributed by atoms with E-state index in [9.17, 15) is 4.79 Å². The minimum atomic E-state index is -0.421. The lowest BCUT2D eigenvalue weighted by Crippen LogP contribution is -2.09. The van der Waals surface area contributed by atoms with Gasteiger partial charge >= 0.3 is 5.97 Å². The monoisotopic (exact) mass is 422 g/mol. The fourth-order valence-electron chi connectivity index (χ4n) is 2.53. The molecule has 0 aromatic heterocycles. The predicted octanol–water partition coefficient (Wildman–Crippen LogP) is 5.81. The highest BCUT2D eigenvalue weighted by Gasteiger charge is 2.22. The fourth-order valence-corrected chi connectivity index (χ4v) is 2.53. The van der Waals surface area contributed by atoms with Crippen LogP contribution in [-0.2, 0) is 9.53 Å². The maximum atomic E-state index is 12.1. The minimum Gasteiger partial charge on any atom is -0.493 e. The average molecular weight is 423 g/mol. The predicted molar refractivity (Wildman–Crippen MR) is 120 cm³/mol. The van der Waals surface area contributed by atoms with Crippen LogP contribution in [0.25, 0.3) is 6.08 Å². The van der Waals surface area contributed by atoms with Crippen molar-refractivity contribution in [3.63, 3.8) is 0 Å². The van der Waals surface area contributed by atoms with E-state index in [0.717, 1.165) is 25.7 Å². The van der Waals surface area contributed by atoms with Crippen molar-refractivity contribution < 1.29 is 28.5 Å². The third-order valence-corrected chi connectivity index (χ3v) is 3.76. The highest BCUT2D eigenvalue weighted by molar-refractivity contribution is 5.89. The Hall–Kier alpha value is -2.37. The SMILES string of the molecule is CCCOc1cc(OCCC)c(OCCC)c(OCCC)c1C=CC(=O)OC(C)C. The Morgan fingerprint density at radius 1 is 0.800 bits per heavy atom. The molecule has 0 aliphatic carbocycles. The second-order valence-corrected chi connectivity index (χ2v) is 7.16. The van der Waals surface area contributed by atoms with Crippen molar-refractivity contribution in [2.24, 2.45) is 0 Å². The quantitative estimate of drug-likeness (QED) is 0.263. The number of hydrogen-bond acceptors (Lipinski definition) is 6. The van der Waals surface area contributed by atoms with Gasteiger partial charge in [-0.25, -0.2) is 4.79 Å². The van der Waals surface area contributed by atoms with Gasteiger partial charge in [0, 0.05) is 12.1 Å². The van der Waals surface area contributed by atoms with Gasteiger partial charge in [0.15, 0.2) is 11.5 Å². The molecular formula is C24H38O6.